The van der Waals surface area contributed by atoms with E-state index in [0.717, 1.165) is 18.2 Å². The van der Waals surface area contributed by atoms with E-state index in [1.54, 1.807) is 0 Å². The van der Waals surface area contributed by atoms with Crippen LogP contribution in [0.25, 0.3) is 0 Å². The van der Waals surface area contributed by atoms with Gasteiger partial charge in [-0.3, -0.25) is 25.0 Å². The van der Waals surface area contributed by atoms with E-state index in [-0.39, 0.29) is 24.5 Å². The third-order valence-electron chi connectivity index (χ3n) is 3.63. The van der Waals surface area contributed by atoms with E-state index in [1.165, 1.54) is 24.3 Å². The lowest BCUT2D eigenvalue weighted by Crippen LogP contribution is -2.29. The maximum atomic E-state index is 12.3. The highest BCUT2D eigenvalue weighted by atomic mass is 19.4. The molecule has 0 aromatic heterocycles. The van der Waals surface area contributed by atoms with E-state index in [1.807, 2.05) is 0 Å². The molecule has 160 valence electrons. The molecular formula is C17H15F3N4O6. The minimum atomic E-state index is -4.60. The molecule has 0 heterocycles. The monoisotopic (exact) mass is 428 g/mol. The highest BCUT2D eigenvalue weighted by molar-refractivity contribution is 5.98. The van der Waals surface area contributed by atoms with Crippen molar-refractivity contribution in [3.8, 4) is 5.75 Å². The standard InChI is InChI=1S/C17H15F3N4O6/c18-17(19,20)10-30-13-5-6-15(24(28)29)14(9-13)16(25)22-8-7-21-11-1-3-12(4-2-11)23(26)27/h1-6,9,21H,7-8,10H2,(H,22,25). The smallest absolute Gasteiger partial charge is 0.422 e. The molecule has 30 heavy (non-hydrogen) atoms. The first-order chi connectivity index (χ1) is 14.1. The summed E-state index contributed by atoms with van der Waals surface area (Å²) < 4.78 is 41.3. The second-order valence-corrected chi connectivity index (χ2v) is 5.83. The number of nitrogens with one attached hydrogen (secondary N) is 2. The van der Waals surface area contributed by atoms with E-state index in [2.05, 4.69) is 15.4 Å². The van der Waals surface area contributed by atoms with Gasteiger partial charge in [0.1, 0.15) is 11.3 Å². The van der Waals surface area contributed by atoms with Crippen LogP contribution in [-0.2, 0) is 0 Å². The molecule has 0 unspecified atom stereocenters. The Kier molecular flexibility index (Phi) is 7.12. The van der Waals surface area contributed by atoms with Gasteiger partial charge in [-0.2, -0.15) is 13.2 Å². The molecule has 0 aliphatic carbocycles. The predicted molar refractivity (Wildman–Crippen MR) is 98.6 cm³/mol. The summed E-state index contributed by atoms with van der Waals surface area (Å²) in [5.41, 5.74) is -0.581. The number of ether oxygens (including phenoxy) is 1. The van der Waals surface area contributed by atoms with Crippen LogP contribution in [0.15, 0.2) is 42.5 Å². The number of carbonyl (C=O) groups excluding carboxylic acids is 1. The summed E-state index contributed by atoms with van der Waals surface area (Å²) in [6.45, 7) is -1.41. The maximum Gasteiger partial charge on any atom is 0.422 e. The van der Waals surface area contributed by atoms with Crippen molar-refractivity contribution in [2.24, 2.45) is 0 Å². The van der Waals surface area contributed by atoms with Crippen molar-refractivity contribution < 1.29 is 32.5 Å². The second-order valence-electron chi connectivity index (χ2n) is 5.83. The van der Waals surface area contributed by atoms with Crippen molar-refractivity contribution in [2.45, 2.75) is 6.18 Å². The molecule has 2 aromatic carbocycles. The Balaban J connectivity index is 1.97. The highest BCUT2D eigenvalue weighted by Crippen LogP contribution is 2.26. The number of carbonyl (C=O) groups is 1. The summed E-state index contributed by atoms with van der Waals surface area (Å²) >= 11 is 0. The molecular weight excluding hydrogens is 413 g/mol. The summed E-state index contributed by atoms with van der Waals surface area (Å²) in [6, 6.07) is 8.22. The van der Waals surface area contributed by atoms with Crippen molar-refractivity contribution >= 4 is 23.0 Å². The molecule has 0 atom stereocenters. The van der Waals surface area contributed by atoms with Gasteiger partial charge in [0, 0.05) is 37.0 Å². The number of non-ortho nitro benzene ring substituents is 1. The summed E-state index contributed by atoms with van der Waals surface area (Å²) in [5, 5.41) is 27.0. The Hall–Kier alpha value is -3.90. The zero-order valence-electron chi connectivity index (χ0n) is 15.1. The number of amides is 1. The summed E-state index contributed by atoms with van der Waals surface area (Å²) in [6.07, 6.45) is -4.60. The molecule has 0 bridgehead atoms. The Morgan fingerprint density at radius 2 is 1.67 bits per heavy atom. The molecule has 0 saturated heterocycles. The molecule has 0 aliphatic rings. The third-order valence-corrected chi connectivity index (χ3v) is 3.63. The van der Waals surface area contributed by atoms with Gasteiger partial charge >= 0.3 is 6.18 Å². The van der Waals surface area contributed by atoms with Gasteiger partial charge < -0.3 is 15.4 Å². The first-order valence-corrected chi connectivity index (χ1v) is 8.31. The van der Waals surface area contributed by atoms with Crippen molar-refractivity contribution in [3.05, 3.63) is 68.3 Å². The maximum absolute atomic E-state index is 12.3. The lowest BCUT2D eigenvalue weighted by atomic mass is 10.1. The molecule has 0 aliphatic heterocycles. The number of nitrogens with zero attached hydrogens (tertiary/aromatic N) is 2. The fourth-order valence-electron chi connectivity index (χ4n) is 2.29. The van der Waals surface area contributed by atoms with Crippen LogP contribution in [0.1, 0.15) is 10.4 Å². The fourth-order valence-corrected chi connectivity index (χ4v) is 2.29. The van der Waals surface area contributed by atoms with E-state index in [0.29, 0.717) is 5.69 Å². The molecule has 0 saturated carbocycles. The SMILES string of the molecule is O=C(NCCNc1ccc([N+](=O)[O-])cc1)c1cc(OCC(F)(F)F)ccc1[N+](=O)[O-]. The number of hydrogen-bond donors (Lipinski definition) is 2. The van der Waals surface area contributed by atoms with E-state index < -0.39 is 39.8 Å². The topological polar surface area (TPSA) is 137 Å². The summed E-state index contributed by atoms with van der Waals surface area (Å²) in [4.78, 5) is 32.6. The normalized spacial score (nSPS) is 10.9. The van der Waals surface area contributed by atoms with E-state index in [9.17, 15) is 38.2 Å². The first-order valence-electron chi connectivity index (χ1n) is 8.31. The van der Waals surface area contributed by atoms with E-state index >= 15 is 0 Å². The molecule has 13 heteroatoms. The molecule has 2 N–H and O–H groups in total. The number of nitro benzene ring substituents is 2. The van der Waals surface area contributed by atoms with Gasteiger partial charge in [0.25, 0.3) is 17.3 Å². The molecule has 1 amide bonds. The van der Waals surface area contributed by atoms with E-state index in [4.69, 9.17) is 0 Å². The molecule has 10 nitrogen and oxygen atoms in total. The van der Waals surface area contributed by atoms with Gasteiger partial charge in [-0.05, 0) is 24.3 Å². The van der Waals surface area contributed by atoms with Crippen LogP contribution in [0.4, 0.5) is 30.2 Å². The fraction of sp³-hybridized carbons (Fsp3) is 0.235. The highest BCUT2D eigenvalue weighted by Gasteiger charge is 2.29. The number of nitro groups is 2. The lowest BCUT2D eigenvalue weighted by molar-refractivity contribution is -0.385. The largest absolute Gasteiger partial charge is 0.484 e. The van der Waals surface area contributed by atoms with Crippen molar-refractivity contribution in [1.82, 2.24) is 5.32 Å². The van der Waals surface area contributed by atoms with Crippen LogP contribution < -0.4 is 15.4 Å². The number of alkyl halides is 3. The van der Waals surface area contributed by atoms with Gasteiger partial charge in [-0.15, -0.1) is 0 Å². The molecule has 0 radical (unpaired) electrons. The summed E-state index contributed by atoms with van der Waals surface area (Å²) in [7, 11) is 0. The Morgan fingerprint density at radius 3 is 2.23 bits per heavy atom. The lowest BCUT2D eigenvalue weighted by Gasteiger charge is -2.11. The van der Waals surface area contributed by atoms with Crippen LogP contribution in [0, 0.1) is 20.2 Å². The zero-order chi connectivity index (χ0) is 22.3. The molecule has 0 spiro atoms. The summed E-state index contributed by atoms with van der Waals surface area (Å²) in [5.74, 6) is -1.21. The average Bonchev–Trinajstić information content (AvgIpc) is 2.69. The van der Waals surface area contributed by atoms with Gasteiger partial charge in [0.05, 0.1) is 9.85 Å². The Bertz CT molecular complexity index is 934. The number of benzene rings is 2. The number of halogens is 3. The second kappa shape index (κ2) is 9.54. The van der Waals surface area contributed by atoms with Gasteiger partial charge in [0.2, 0.25) is 0 Å². The van der Waals surface area contributed by atoms with Gasteiger partial charge in [-0.1, -0.05) is 0 Å². The first kappa shape index (κ1) is 22.4. The molecule has 0 fully saturated rings. The quantitative estimate of drug-likeness (QED) is 0.355. The zero-order valence-corrected chi connectivity index (χ0v) is 15.1. The molecule has 2 aromatic rings. The predicted octanol–water partition coefficient (Wildman–Crippen LogP) is 3.29. The minimum Gasteiger partial charge on any atom is -0.484 e. The van der Waals surface area contributed by atoms with Crippen molar-refractivity contribution in [3.63, 3.8) is 0 Å². The van der Waals surface area contributed by atoms with Crippen LogP contribution in [0.2, 0.25) is 0 Å². The minimum absolute atomic E-state index is 0.0145. The number of anilines is 1. The Labute approximate surface area is 166 Å². The van der Waals surface area contributed by atoms with Crippen LogP contribution >= 0.6 is 0 Å². The Morgan fingerprint density at radius 1 is 1.00 bits per heavy atom. The number of rotatable bonds is 9. The number of hydrogen-bond acceptors (Lipinski definition) is 7. The molecule has 2 rings (SSSR count). The van der Waals surface area contributed by atoms with Gasteiger partial charge in [0.15, 0.2) is 6.61 Å². The van der Waals surface area contributed by atoms with Crippen LogP contribution in [0.3, 0.4) is 0 Å². The van der Waals surface area contributed by atoms with Crippen molar-refractivity contribution in [2.75, 3.05) is 25.0 Å². The average molecular weight is 428 g/mol. The van der Waals surface area contributed by atoms with Gasteiger partial charge in [-0.25, -0.2) is 0 Å². The third kappa shape index (κ3) is 6.61. The van der Waals surface area contributed by atoms with Crippen LogP contribution in [-0.4, -0.2) is 41.6 Å². The van der Waals surface area contributed by atoms with Crippen molar-refractivity contribution in [1.29, 1.82) is 0 Å². The van der Waals surface area contributed by atoms with Crippen LogP contribution in [0.5, 0.6) is 5.75 Å².